The Kier molecular flexibility index (Phi) is 15.6. The number of hydrogen-bond donors (Lipinski definition) is 3. The van der Waals surface area contributed by atoms with E-state index in [4.69, 9.17) is 9.47 Å². The van der Waals surface area contributed by atoms with Gasteiger partial charge in [-0.3, -0.25) is 14.4 Å². The molecular weight excluding hydrogens is 586 g/mol. The van der Waals surface area contributed by atoms with Gasteiger partial charge in [0.05, 0.1) is 13.0 Å². The van der Waals surface area contributed by atoms with Gasteiger partial charge in [0.15, 0.2) is 0 Å². The number of amides is 3. The molecule has 2 aromatic rings. The van der Waals surface area contributed by atoms with Gasteiger partial charge in [0.2, 0.25) is 11.8 Å². The summed E-state index contributed by atoms with van der Waals surface area (Å²) in [6.07, 6.45) is 3.98. The number of alkyl carbamates (subject to hydrolysis) is 1. The van der Waals surface area contributed by atoms with Crippen molar-refractivity contribution in [3.8, 4) is 5.75 Å². The van der Waals surface area contributed by atoms with Crippen LogP contribution in [-0.4, -0.2) is 65.2 Å². The molecule has 10 nitrogen and oxygen atoms in total. The number of nitrogens with zero attached hydrogens (tertiary/aromatic N) is 1. The number of aromatic hydroxyl groups is 1. The zero-order valence-corrected chi connectivity index (χ0v) is 28.6. The fourth-order valence-electron chi connectivity index (χ4n) is 5.00. The van der Waals surface area contributed by atoms with Crippen molar-refractivity contribution in [2.75, 3.05) is 19.7 Å². The third-order valence-electron chi connectivity index (χ3n) is 7.49. The number of esters is 1. The molecule has 0 heterocycles. The summed E-state index contributed by atoms with van der Waals surface area (Å²) in [7, 11) is 0. The van der Waals surface area contributed by atoms with Crippen LogP contribution >= 0.6 is 0 Å². The summed E-state index contributed by atoms with van der Waals surface area (Å²) in [6.45, 7) is 13.5. The van der Waals surface area contributed by atoms with E-state index in [1.165, 1.54) is 17.0 Å². The number of carbonyl (C=O) groups excluding carboxylic acids is 4. The van der Waals surface area contributed by atoms with Gasteiger partial charge in [0, 0.05) is 19.5 Å². The summed E-state index contributed by atoms with van der Waals surface area (Å²) in [4.78, 5) is 55.2. The number of phenolic OH excluding ortho intramolecular Hbond substituents is 1. The molecule has 0 aromatic heterocycles. The number of benzene rings is 2. The number of carbonyl (C=O) groups is 4. The molecule has 46 heavy (non-hydrogen) atoms. The monoisotopic (exact) mass is 639 g/mol. The maximum Gasteiger partial charge on any atom is 0.408 e. The topological polar surface area (TPSA) is 134 Å². The first-order valence-corrected chi connectivity index (χ1v) is 16.3. The Morgan fingerprint density at radius 1 is 0.913 bits per heavy atom. The number of rotatable bonds is 17. The minimum absolute atomic E-state index is 0.00608. The number of phenols is 1. The predicted octanol–water partition coefficient (Wildman–Crippen LogP) is 6.05. The van der Waals surface area contributed by atoms with E-state index in [9.17, 15) is 24.3 Å². The molecule has 0 aliphatic carbocycles. The molecule has 0 spiro atoms. The normalized spacial score (nSPS) is 12.5. The van der Waals surface area contributed by atoms with Crippen molar-refractivity contribution in [1.29, 1.82) is 0 Å². The van der Waals surface area contributed by atoms with Gasteiger partial charge in [0.25, 0.3) is 0 Å². The van der Waals surface area contributed by atoms with E-state index in [1.807, 2.05) is 32.0 Å². The molecule has 0 aliphatic heterocycles. The Bertz CT molecular complexity index is 1290. The smallest absolute Gasteiger partial charge is 0.408 e. The lowest BCUT2D eigenvalue weighted by molar-refractivity contribution is -0.144. The third kappa shape index (κ3) is 13.1. The summed E-state index contributed by atoms with van der Waals surface area (Å²) in [5.41, 5.74) is 2.54. The quantitative estimate of drug-likeness (QED) is 0.142. The van der Waals surface area contributed by atoms with Crippen LogP contribution in [0.3, 0.4) is 0 Å². The van der Waals surface area contributed by atoms with Crippen molar-refractivity contribution in [1.82, 2.24) is 15.5 Å². The van der Waals surface area contributed by atoms with Crippen molar-refractivity contribution in [3.63, 3.8) is 0 Å². The highest BCUT2D eigenvalue weighted by Crippen LogP contribution is 2.26. The van der Waals surface area contributed by atoms with Crippen LogP contribution in [0, 0.1) is 13.8 Å². The Balaban J connectivity index is 2.56. The van der Waals surface area contributed by atoms with Crippen molar-refractivity contribution in [2.45, 2.75) is 111 Å². The van der Waals surface area contributed by atoms with Gasteiger partial charge < -0.3 is 30.1 Å². The minimum Gasteiger partial charge on any atom is -0.508 e. The first-order chi connectivity index (χ1) is 21.7. The molecule has 3 N–H and O–H groups in total. The van der Waals surface area contributed by atoms with Crippen molar-refractivity contribution < 1.29 is 33.8 Å². The average Bonchev–Trinajstić information content (AvgIpc) is 2.97. The van der Waals surface area contributed by atoms with Gasteiger partial charge in [-0.25, -0.2) is 4.79 Å². The Labute approximate surface area is 274 Å². The lowest BCUT2D eigenvalue weighted by Gasteiger charge is -2.35. The number of hydrogen-bond acceptors (Lipinski definition) is 7. The van der Waals surface area contributed by atoms with Crippen LogP contribution in [0.4, 0.5) is 4.79 Å². The molecule has 0 fully saturated rings. The number of unbranched alkanes of at least 4 members (excludes halogenated alkanes) is 4. The summed E-state index contributed by atoms with van der Waals surface area (Å²) in [5, 5.41) is 15.4. The Morgan fingerprint density at radius 3 is 2.20 bits per heavy atom. The largest absolute Gasteiger partial charge is 0.508 e. The summed E-state index contributed by atoms with van der Waals surface area (Å²) in [6, 6.07) is 9.97. The van der Waals surface area contributed by atoms with Gasteiger partial charge in [-0.1, -0.05) is 62.9 Å². The molecule has 0 saturated carbocycles. The minimum atomic E-state index is -1.07. The fraction of sp³-hybridized carbons (Fsp3) is 0.556. The molecular formula is C36H53N3O7. The van der Waals surface area contributed by atoms with Crippen molar-refractivity contribution in [2.24, 2.45) is 0 Å². The van der Waals surface area contributed by atoms with E-state index in [2.05, 4.69) is 17.6 Å². The first-order valence-electron chi connectivity index (χ1n) is 16.3. The van der Waals surface area contributed by atoms with E-state index in [-0.39, 0.29) is 38.3 Å². The molecule has 0 bridgehead atoms. The zero-order chi connectivity index (χ0) is 34.3. The number of nitrogens with one attached hydrogen (secondary N) is 2. The van der Waals surface area contributed by atoms with E-state index >= 15 is 0 Å². The molecule has 0 saturated heterocycles. The van der Waals surface area contributed by atoms with Crippen LogP contribution in [0.2, 0.25) is 0 Å². The summed E-state index contributed by atoms with van der Waals surface area (Å²) >= 11 is 0. The van der Waals surface area contributed by atoms with E-state index in [0.717, 1.165) is 36.8 Å². The van der Waals surface area contributed by atoms with Crippen LogP contribution < -0.4 is 10.6 Å². The Hall–Kier alpha value is -4.08. The van der Waals surface area contributed by atoms with Crippen LogP contribution in [0.15, 0.2) is 42.5 Å². The summed E-state index contributed by atoms with van der Waals surface area (Å²) < 4.78 is 10.5. The third-order valence-corrected chi connectivity index (χ3v) is 7.49. The molecule has 10 heteroatoms. The molecule has 2 aromatic carbocycles. The van der Waals surface area contributed by atoms with E-state index < -0.39 is 41.6 Å². The first kappa shape index (κ1) is 38.1. The highest BCUT2D eigenvalue weighted by atomic mass is 16.6. The maximum absolute atomic E-state index is 14.6. The zero-order valence-electron chi connectivity index (χ0n) is 28.6. The van der Waals surface area contributed by atoms with E-state index in [0.29, 0.717) is 17.5 Å². The predicted molar refractivity (Wildman–Crippen MR) is 178 cm³/mol. The maximum atomic E-state index is 14.6. The van der Waals surface area contributed by atoms with Gasteiger partial charge in [-0.15, -0.1) is 0 Å². The molecule has 3 amide bonds. The number of aryl methyl sites for hydroxylation is 2. The summed E-state index contributed by atoms with van der Waals surface area (Å²) in [5.74, 6) is -1.23. The highest BCUT2D eigenvalue weighted by molar-refractivity contribution is 5.92. The second-order valence-electron chi connectivity index (χ2n) is 12.6. The fourth-order valence-corrected chi connectivity index (χ4v) is 5.00. The molecule has 2 rings (SSSR count). The molecule has 254 valence electrons. The van der Waals surface area contributed by atoms with Gasteiger partial charge in [-0.2, -0.15) is 0 Å². The number of ether oxygens (including phenoxy) is 2. The van der Waals surface area contributed by atoms with Gasteiger partial charge >= 0.3 is 12.1 Å². The van der Waals surface area contributed by atoms with E-state index in [1.54, 1.807) is 39.8 Å². The van der Waals surface area contributed by atoms with Crippen molar-refractivity contribution >= 4 is 23.9 Å². The lowest BCUT2D eigenvalue weighted by atomic mass is 9.97. The van der Waals surface area contributed by atoms with Crippen LogP contribution in [0.5, 0.6) is 5.75 Å². The van der Waals surface area contributed by atoms with Gasteiger partial charge in [-0.05, 0) is 82.3 Å². The van der Waals surface area contributed by atoms with Crippen LogP contribution in [-0.2, 0) is 30.3 Å². The second-order valence-corrected chi connectivity index (χ2v) is 12.6. The van der Waals surface area contributed by atoms with Crippen LogP contribution in [0.1, 0.15) is 101 Å². The lowest BCUT2D eigenvalue weighted by Crippen LogP contribution is -2.54. The molecule has 0 aliphatic rings. The second kappa shape index (κ2) is 18.8. The molecule has 0 radical (unpaired) electrons. The van der Waals surface area contributed by atoms with Crippen LogP contribution in [0.25, 0.3) is 0 Å². The molecule has 2 unspecified atom stereocenters. The average molecular weight is 640 g/mol. The van der Waals surface area contributed by atoms with Gasteiger partial charge in [0.1, 0.15) is 23.4 Å². The SMILES string of the molecule is CCCCCCCN(C(=O)C(Cc1ccc(O)cc1)NC(=O)OC(C)(C)C)C(C(=O)NCCC(=O)OCC)c1ccc(C)c(C)c1. The molecule has 2 atom stereocenters. The van der Waals surface area contributed by atoms with Crippen molar-refractivity contribution in [3.05, 3.63) is 64.7 Å². The highest BCUT2D eigenvalue weighted by Gasteiger charge is 2.36. The Morgan fingerprint density at radius 2 is 1.59 bits per heavy atom. The standard InChI is InChI=1S/C36H53N3O7/c1-8-10-11-12-13-22-39(32(28-17-14-25(3)26(4)23-28)33(42)37-21-20-31(41)45-9-2)34(43)30(38-35(44)46-36(5,6)7)24-27-15-18-29(40)19-16-27/h14-19,23,30,32,40H,8-13,20-22,24H2,1-7H3,(H,37,42)(H,38,44).